The van der Waals surface area contributed by atoms with Crippen molar-refractivity contribution in [2.75, 3.05) is 0 Å². The monoisotopic (exact) mass is 316 g/mol. The minimum Gasteiger partial charge on any atom is -0.388 e. The average Bonchev–Trinajstić information content (AvgIpc) is 2.40. The van der Waals surface area contributed by atoms with Gasteiger partial charge in [0.15, 0.2) is 0 Å². The van der Waals surface area contributed by atoms with Gasteiger partial charge in [-0.3, -0.25) is 0 Å². The SMILES string of the molecule is OC(Cc1ccccc1F)c1ccc(SC(F)(F)F)cc1. The number of alkyl halides is 3. The maximum absolute atomic E-state index is 13.5. The summed E-state index contributed by atoms with van der Waals surface area (Å²) in [6.07, 6.45) is -0.898. The number of benzene rings is 2. The first-order valence-corrected chi connectivity index (χ1v) is 6.94. The van der Waals surface area contributed by atoms with Crippen molar-refractivity contribution in [2.24, 2.45) is 0 Å². The lowest BCUT2D eigenvalue weighted by atomic mass is 10.0. The lowest BCUT2D eigenvalue weighted by Gasteiger charge is -2.12. The Morgan fingerprint density at radius 1 is 1.00 bits per heavy atom. The van der Waals surface area contributed by atoms with Crippen LogP contribution in [0.2, 0.25) is 0 Å². The van der Waals surface area contributed by atoms with E-state index in [0.717, 1.165) is 0 Å². The fraction of sp³-hybridized carbons (Fsp3) is 0.200. The van der Waals surface area contributed by atoms with E-state index >= 15 is 0 Å². The standard InChI is InChI=1S/C15H12F4OS/c16-13-4-2-1-3-11(13)9-14(20)10-5-7-12(8-6-10)21-15(17,18)19/h1-8,14,20H,9H2. The molecule has 21 heavy (non-hydrogen) atoms. The summed E-state index contributed by atoms with van der Waals surface area (Å²) >= 11 is -0.214. The molecule has 6 heteroatoms. The molecule has 2 aromatic carbocycles. The van der Waals surface area contributed by atoms with Gasteiger partial charge in [0.05, 0.1) is 6.10 Å². The van der Waals surface area contributed by atoms with E-state index < -0.39 is 17.4 Å². The van der Waals surface area contributed by atoms with E-state index in [1.54, 1.807) is 18.2 Å². The molecule has 0 heterocycles. The Morgan fingerprint density at radius 3 is 2.19 bits per heavy atom. The molecular formula is C15H12F4OS. The van der Waals surface area contributed by atoms with Gasteiger partial charge in [0, 0.05) is 11.3 Å². The van der Waals surface area contributed by atoms with Gasteiger partial charge >= 0.3 is 5.51 Å². The minimum absolute atomic E-state index is 0.0457. The van der Waals surface area contributed by atoms with Crippen LogP contribution in [0.1, 0.15) is 17.2 Å². The molecule has 0 aliphatic rings. The average molecular weight is 316 g/mol. The lowest BCUT2D eigenvalue weighted by molar-refractivity contribution is -0.0328. The predicted octanol–water partition coefficient (Wildman–Crippen LogP) is 4.71. The van der Waals surface area contributed by atoms with Gasteiger partial charge in [-0.1, -0.05) is 30.3 Å². The zero-order chi connectivity index (χ0) is 15.5. The number of hydrogen-bond donors (Lipinski definition) is 1. The second-order valence-electron chi connectivity index (χ2n) is 4.43. The van der Waals surface area contributed by atoms with Gasteiger partial charge in [0.2, 0.25) is 0 Å². The van der Waals surface area contributed by atoms with E-state index in [9.17, 15) is 22.7 Å². The molecule has 0 saturated carbocycles. The van der Waals surface area contributed by atoms with Crippen molar-refractivity contribution in [3.05, 3.63) is 65.5 Å². The van der Waals surface area contributed by atoms with Crippen molar-refractivity contribution >= 4 is 11.8 Å². The number of thioether (sulfide) groups is 1. The molecule has 0 spiro atoms. The van der Waals surface area contributed by atoms with E-state index in [4.69, 9.17) is 0 Å². The van der Waals surface area contributed by atoms with Crippen LogP contribution >= 0.6 is 11.8 Å². The number of halogens is 4. The molecule has 0 radical (unpaired) electrons. The Labute approximate surface area is 123 Å². The van der Waals surface area contributed by atoms with Crippen LogP contribution in [0.4, 0.5) is 17.6 Å². The number of aliphatic hydroxyl groups excluding tert-OH is 1. The third-order valence-corrected chi connectivity index (χ3v) is 3.61. The Hall–Kier alpha value is -1.53. The Balaban J connectivity index is 2.06. The van der Waals surface area contributed by atoms with Crippen molar-refractivity contribution in [3.63, 3.8) is 0 Å². The number of rotatable bonds is 4. The van der Waals surface area contributed by atoms with Crippen LogP contribution in [0.5, 0.6) is 0 Å². The van der Waals surface area contributed by atoms with Gasteiger partial charge in [0.1, 0.15) is 5.82 Å². The molecule has 0 aliphatic carbocycles. The molecule has 1 N–H and O–H groups in total. The van der Waals surface area contributed by atoms with E-state index in [2.05, 4.69) is 0 Å². The van der Waals surface area contributed by atoms with Crippen LogP contribution in [0, 0.1) is 5.82 Å². The normalized spacial score (nSPS) is 13.2. The van der Waals surface area contributed by atoms with Gasteiger partial charge in [0.25, 0.3) is 0 Å². The van der Waals surface area contributed by atoms with E-state index in [1.165, 1.54) is 30.3 Å². The summed E-state index contributed by atoms with van der Waals surface area (Å²) in [7, 11) is 0. The van der Waals surface area contributed by atoms with Crippen molar-refractivity contribution in [1.29, 1.82) is 0 Å². The molecule has 1 unspecified atom stereocenters. The highest BCUT2D eigenvalue weighted by Crippen LogP contribution is 2.37. The van der Waals surface area contributed by atoms with Crippen LogP contribution in [-0.2, 0) is 6.42 Å². The van der Waals surface area contributed by atoms with Crippen LogP contribution in [0.25, 0.3) is 0 Å². The summed E-state index contributed by atoms with van der Waals surface area (Å²) in [5.41, 5.74) is -3.53. The minimum atomic E-state index is -4.34. The fourth-order valence-corrected chi connectivity index (χ4v) is 2.42. The van der Waals surface area contributed by atoms with Crippen LogP contribution in [-0.4, -0.2) is 10.6 Å². The van der Waals surface area contributed by atoms with Crippen LogP contribution in [0.15, 0.2) is 53.4 Å². The summed E-state index contributed by atoms with van der Waals surface area (Å²) in [6.45, 7) is 0. The molecule has 0 amide bonds. The Morgan fingerprint density at radius 2 is 1.62 bits per heavy atom. The highest BCUT2D eigenvalue weighted by Gasteiger charge is 2.29. The molecule has 0 fully saturated rings. The molecule has 0 bridgehead atoms. The van der Waals surface area contributed by atoms with Gasteiger partial charge in [-0.15, -0.1) is 0 Å². The maximum Gasteiger partial charge on any atom is 0.446 e. The summed E-state index contributed by atoms with van der Waals surface area (Å²) < 4.78 is 50.1. The van der Waals surface area contributed by atoms with Crippen LogP contribution < -0.4 is 0 Å². The molecular weight excluding hydrogens is 304 g/mol. The van der Waals surface area contributed by atoms with Crippen molar-refractivity contribution < 1.29 is 22.7 Å². The topological polar surface area (TPSA) is 20.2 Å². The highest BCUT2D eigenvalue weighted by atomic mass is 32.2. The lowest BCUT2D eigenvalue weighted by Crippen LogP contribution is -2.04. The van der Waals surface area contributed by atoms with Crippen molar-refractivity contribution in [3.8, 4) is 0 Å². The molecule has 1 nitrogen and oxygen atoms in total. The Kier molecular flexibility index (Phi) is 4.90. The number of aliphatic hydroxyl groups is 1. The summed E-state index contributed by atoms with van der Waals surface area (Å²) in [5, 5.41) is 10.0. The molecule has 2 rings (SSSR count). The van der Waals surface area contributed by atoms with Crippen molar-refractivity contribution in [1.82, 2.24) is 0 Å². The largest absolute Gasteiger partial charge is 0.446 e. The second-order valence-corrected chi connectivity index (χ2v) is 5.57. The summed E-state index contributed by atoms with van der Waals surface area (Å²) in [6, 6.07) is 11.5. The van der Waals surface area contributed by atoms with Gasteiger partial charge in [-0.2, -0.15) is 13.2 Å². The zero-order valence-electron chi connectivity index (χ0n) is 10.8. The molecule has 0 saturated heterocycles. The summed E-state index contributed by atoms with van der Waals surface area (Å²) in [5.74, 6) is -0.416. The van der Waals surface area contributed by atoms with Crippen LogP contribution in [0.3, 0.4) is 0 Å². The highest BCUT2D eigenvalue weighted by molar-refractivity contribution is 8.00. The van der Waals surface area contributed by atoms with E-state index in [-0.39, 0.29) is 23.1 Å². The third-order valence-electron chi connectivity index (χ3n) is 2.87. The zero-order valence-corrected chi connectivity index (χ0v) is 11.6. The van der Waals surface area contributed by atoms with Gasteiger partial charge < -0.3 is 5.11 Å². The Bertz CT molecular complexity index is 595. The summed E-state index contributed by atoms with van der Waals surface area (Å²) in [4.78, 5) is 0.0457. The molecule has 0 aromatic heterocycles. The number of hydrogen-bond acceptors (Lipinski definition) is 2. The van der Waals surface area contributed by atoms with E-state index in [1.807, 2.05) is 0 Å². The van der Waals surface area contributed by atoms with Crippen molar-refractivity contribution in [2.45, 2.75) is 22.9 Å². The fourth-order valence-electron chi connectivity index (χ4n) is 1.88. The second kappa shape index (κ2) is 6.49. The first kappa shape index (κ1) is 15.9. The van der Waals surface area contributed by atoms with Gasteiger partial charge in [-0.25, -0.2) is 4.39 Å². The third kappa shape index (κ3) is 4.75. The van der Waals surface area contributed by atoms with Gasteiger partial charge in [-0.05, 0) is 41.1 Å². The smallest absolute Gasteiger partial charge is 0.388 e. The maximum atomic E-state index is 13.5. The first-order chi connectivity index (χ1) is 9.85. The molecule has 1 atom stereocenters. The quantitative estimate of drug-likeness (QED) is 0.651. The van der Waals surface area contributed by atoms with E-state index in [0.29, 0.717) is 11.1 Å². The predicted molar refractivity (Wildman–Crippen MR) is 73.4 cm³/mol. The molecule has 2 aromatic rings. The first-order valence-electron chi connectivity index (χ1n) is 6.12. The molecule has 0 aliphatic heterocycles. The molecule has 112 valence electrons.